The third-order valence-electron chi connectivity index (χ3n) is 3.40. The van der Waals surface area contributed by atoms with Gasteiger partial charge >= 0.3 is 6.03 Å². The Morgan fingerprint density at radius 1 is 1.36 bits per heavy atom. The Labute approximate surface area is 142 Å². The zero-order valence-electron chi connectivity index (χ0n) is 13.6. The summed E-state index contributed by atoms with van der Waals surface area (Å²) in [6.07, 6.45) is 1.37. The second-order valence-electron chi connectivity index (χ2n) is 5.60. The number of aromatic nitrogens is 5. The van der Waals surface area contributed by atoms with Crippen LogP contribution in [0.1, 0.15) is 31.2 Å². The van der Waals surface area contributed by atoms with Crippen molar-refractivity contribution in [3.05, 3.63) is 47.9 Å². The molecule has 2 heterocycles. The summed E-state index contributed by atoms with van der Waals surface area (Å²) < 4.78 is 20.4. The number of hydrogen-bond donors (Lipinski definition) is 2. The van der Waals surface area contributed by atoms with Crippen molar-refractivity contribution in [2.45, 2.75) is 26.3 Å². The summed E-state index contributed by atoms with van der Waals surface area (Å²) in [7, 11) is 0. The minimum Gasteiger partial charge on any atom is -0.359 e. The van der Waals surface area contributed by atoms with Gasteiger partial charge in [-0.05, 0) is 34.5 Å². The highest BCUT2D eigenvalue weighted by atomic mass is 19.1. The molecule has 0 aliphatic rings. The number of amides is 2. The van der Waals surface area contributed by atoms with Crippen LogP contribution in [0.25, 0.3) is 5.69 Å². The van der Waals surface area contributed by atoms with Gasteiger partial charge in [-0.1, -0.05) is 19.0 Å². The summed E-state index contributed by atoms with van der Waals surface area (Å²) in [5.74, 6) is 0.171. The molecule has 2 N–H and O–H groups in total. The van der Waals surface area contributed by atoms with Crippen molar-refractivity contribution >= 4 is 11.7 Å². The minimum atomic E-state index is -0.575. The molecular weight excluding hydrogens is 329 g/mol. The second-order valence-corrected chi connectivity index (χ2v) is 5.60. The molecule has 0 aliphatic heterocycles. The predicted octanol–water partition coefficient (Wildman–Crippen LogP) is 2.23. The van der Waals surface area contributed by atoms with Crippen LogP contribution >= 0.6 is 0 Å². The minimum absolute atomic E-state index is 0.00550. The van der Waals surface area contributed by atoms with E-state index >= 15 is 0 Å². The van der Waals surface area contributed by atoms with E-state index in [9.17, 15) is 9.18 Å². The Morgan fingerprint density at radius 3 is 2.88 bits per heavy atom. The van der Waals surface area contributed by atoms with Crippen LogP contribution in [0.3, 0.4) is 0 Å². The second kappa shape index (κ2) is 7.07. The van der Waals surface area contributed by atoms with Crippen molar-refractivity contribution in [3.63, 3.8) is 0 Å². The van der Waals surface area contributed by atoms with Crippen molar-refractivity contribution in [3.8, 4) is 5.69 Å². The van der Waals surface area contributed by atoms with E-state index in [1.54, 1.807) is 6.07 Å². The van der Waals surface area contributed by atoms with E-state index in [0.717, 1.165) is 5.69 Å². The first-order chi connectivity index (χ1) is 12.0. The number of halogens is 1. The van der Waals surface area contributed by atoms with Crippen molar-refractivity contribution in [1.29, 1.82) is 0 Å². The number of carbonyl (C=O) groups is 1. The molecule has 2 aromatic heterocycles. The fraction of sp³-hybridized carbons (Fsp3) is 0.267. The molecule has 9 nitrogen and oxygen atoms in total. The predicted molar refractivity (Wildman–Crippen MR) is 85.6 cm³/mol. The van der Waals surface area contributed by atoms with E-state index in [-0.39, 0.29) is 18.2 Å². The lowest BCUT2D eigenvalue weighted by Crippen LogP contribution is -2.28. The van der Waals surface area contributed by atoms with Crippen LogP contribution in [0.5, 0.6) is 0 Å². The van der Waals surface area contributed by atoms with E-state index in [1.165, 1.54) is 29.2 Å². The topological polar surface area (TPSA) is 111 Å². The molecule has 25 heavy (non-hydrogen) atoms. The number of tetrazole rings is 1. The molecule has 0 radical (unpaired) electrons. The summed E-state index contributed by atoms with van der Waals surface area (Å²) in [6, 6.07) is 5.34. The highest BCUT2D eigenvalue weighted by molar-refractivity contribution is 5.89. The first-order valence-electron chi connectivity index (χ1n) is 7.56. The number of rotatable bonds is 5. The zero-order chi connectivity index (χ0) is 17.8. The van der Waals surface area contributed by atoms with E-state index in [1.807, 2.05) is 13.8 Å². The van der Waals surface area contributed by atoms with Gasteiger partial charge in [0.2, 0.25) is 0 Å². The number of hydrogen-bond acceptors (Lipinski definition) is 6. The highest BCUT2D eigenvalue weighted by Gasteiger charge is 2.11. The van der Waals surface area contributed by atoms with Crippen LogP contribution in [0.15, 0.2) is 35.1 Å². The Hall–Kier alpha value is -3.30. The van der Waals surface area contributed by atoms with Gasteiger partial charge in [-0.3, -0.25) is 0 Å². The molecule has 0 saturated carbocycles. The molecule has 0 fully saturated rings. The standard InChI is InChI=1S/C15H16FN7O2/c1-9(2)13-6-11(25-20-13)7-17-15(24)19-14-5-10(3-4-12(14)16)23-8-18-21-22-23/h3-6,8-9H,7H2,1-2H3,(H2,17,19,24). The largest absolute Gasteiger partial charge is 0.359 e. The first-order valence-corrected chi connectivity index (χ1v) is 7.56. The number of benzene rings is 1. The Kier molecular flexibility index (Phi) is 4.68. The first kappa shape index (κ1) is 16.6. The molecule has 2 amide bonds. The molecule has 0 unspecified atom stereocenters. The van der Waals surface area contributed by atoms with Gasteiger partial charge in [-0.2, -0.15) is 0 Å². The third-order valence-corrected chi connectivity index (χ3v) is 3.40. The average molecular weight is 345 g/mol. The number of nitrogens with one attached hydrogen (secondary N) is 2. The number of carbonyl (C=O) groups excluding carboxylic acids is 1. The Morgan fingerprint density at radius 2 is 2.20 bits per heavy atom. The molecular formula is C15H16FN7O2. The average Bonchev–Trinajstić information content (AvgIpc) is 3.26. The summed E-state index contributed by atoms with van der Waals surface area (Å²) in [6.45, 7) is 4.12. The summed E-state index contributed by atoms with van der Waals surface area (Å²) in [5.41, 5.74) is 1.32. The van der Waals surface area contributed by atoms with Crippen LogP contribution in [-0.4, -0.2) is 31.4 Å². The fourth-order valence-corrected chi connectivity index (χ4v) is 2.05. The van der Waals surface area contributed by atoms with Crippen LogP contribution in [0.4, 0.5) is 14.9 Å². The molecule has 0 spiro atoms. The third kappa shape index (κ3) is 3.97. The van der Waals surface area contributed by atoms with Crippen molar-refractivity contribution in [2.75, 3.05) is 5.32 Å². The van der Waals surface area contributed by atoms with Crippen molar-refractivity contribution < 1.29 is 13.7 Å². The maximum Gasteiger partial charge on any atom is 0.319 e. The van der Waals surface area contributed by atoms with Gasteiger partial charge in [-0.25, -0.2) is 13.9 Å². The highest BCUT2D eigenvalue weighted by Crippen LogP contribution is 2.18. The number of urea groups is 1. The van der Waals surface area contributed by atoms with Gasteiger partial charge in [0, 0.05) is 6.07 Å². The summed E-state index contributed by atoms with van der Waals surface area (Å²) >= 11 is 0. The van der Waals surface area contributed by atoms with Gasteiger partial charge in [0.25, 0.3) is 0 Å². The summed E-state index contributed by atoms with van der Waals surface area (Å²) in [5, 5.41) is 19.7. The fourth-order valence-electron chi connectivity index (χ4n) is 2.05. The lowest BCUT2D eigenvalue weighted by molar-refractivity contribution is 0.250. The quantitative estimate of drug-likeness (QED) is 0.733. The molecule has 0 aliphatic carbocycles. The zero-order valence-corrected chi connectivity index (χ0v) is 13.6. The Bertz CT molecular complexity index is 861. The van der Waals surface area contributed by atoms with Gasteiger partial charge in [0.15, 0.2) is 5.76 Å². The number of nitrogens with zero attached hydrogens (tertiary/aromatic N) is 5. The van der Waals surface area contributed by atoms with E-state index in [0.29, 0.717) is 11.4 Å². The van der Waals surface area contributed by atoms with E-state index in [4.69, 9.17) is 4.52 Å². The van der Waals surface area contributed by atoms with Crippen LogP contribution in [-0.2, 0) is 6.54 Å². The van der Waals surface area contributed by atoms with E-state index < -0.39 is 11.8 Å². The molecule has 10 heteroatoms. The lowest BCUT2D eigenvalue weighted by Gasteiger charge is -2.09. The van der Waals surface area contributed by atoms with Crippen LogP contribution in [0.2, 0.25) is 0 Å². The molecule has 130 valence electrons. The van der Waals surface area contributed by atoms with E-state index in [2.05, 4.69) is 31.3 Å². The maximum atomic E-state index is 13.9. The van der Waals surface area contributed by atoms with Gasteiger partial charge in [-0.15, -0.1) is 5.10 Å². The SMILES string of the molecule is CC(C)c1cc(CNC(=O)Nc2cc(-n3cnnn3)ccc2F)on1. The van der Waals surface area contributed by atoms with Crippen LogP contribution in [0, 0.1) is 5.82 Å². The molecule has 0 atom stereocenters. The molecule has 0 bridgehead atoms. The van der Waals surface area contributed by atoms with Crippen molar-refractivity contribution in [1.82, 2.24) is 30.7 Å². The smallest absolute Gasteiger partial charge is 0.319 e. The molecule has 3 aromatic rings. The molecule has 3 rings (SSSR count). The normalized spacial score (nSPS) is 10.9. The maximum absolute atomic E-state index is 13.9. The van der Waals surface area contributed by atoms with Gasteiger partial charge < -0.3 is 15.2 Å². The monoisotopic (exact) mass is 345 g/mol. The van der Waals surface area contributed by atoms with Gasteiger partial charge in [0.05, 0.1) is 23.6 Å². The molecule has 0 saturated heterocycles. The number of anilines is 1. The molecule has 1 aromatic carbocycles. The van der Waals surface area contributed by atoms with Crippen LogP contribution < -0.4 is 10.6 Å². The summed E-state index contributed by atoms with van der Waals surface area (Å²) in [4.78, 5) is 12.0. The Balaban J connectivity index is 1.63. The van der Waals surface area contributed by atoms with Crippen molar-refractivity contribution in [2.24, 2.45) is 0 Å². The lowest BCUT2D eigenvalue weighted by atomic mass is 10.1. The van der Waals surface area contributed by atoms with Gasteiger partial charge in [0.1, 0.15) is 12.1 Å².